The van der Waals surface area contributed by atoms with Gasteiger partial charge in [-0.05, 0) is 31.0 Å². The molecule has 3 aromatic rings. The number of thiophene rings is 1. The molecule has 0 radical (unpaired) electrons. The first-order valence-electron chi connectivity index (χ1n) is 9.86. The Balaban J connectivity index is 1.83. The summed E-state index contributed by atoms with van der Waals surface area (Å²) in [7, 11) is 0. The molecule has 1 aliphatic rings. The Morgan fingerprint density at radius 3 is 2.40 bits per heavy atom. The van der Waals surface area contributed by atoms with Crippen LogP contribution in [0.3, 0.4) is 0 Å². The van der Waals surface area contributed by atoms with Crippen LogP contribution in [0.25, 0.3) is 11.1 Å². The number of Topliss-reactive ketones (excluding diaryl/α,β-unsaturated/α-hetero) is 1. The van der Waals surface area contributed by atoms with E-state index in [-0.39, 0.29) is 31.3 Å². The third-order valence-corrected chi connectivity index (χ3v) is 6.14. The number of ketones is 1. The molecule has 5 nitrogen and oxygen atoms in total. The van der Waals surface area contributed by atoms with Gasteiger partial charge in [-0.3, -0.25) is 19.3 Å². The van der Waals surface area contributed by atoms with Gasteiger partial charge in [0.05, 0.1) is 12.2 Å². The van der Waals surface area contributed by atoms with Gasteiger partial charge in [-0.25, -0.2) is 0 Å². The van der Waals surface area contributed by atoms with E-state index in [0.717, 1.165) is 11.1 Å². The van der Waals surface area contributed by atoms with Crippen LogP contribution >= 0.6 is 11.3 Å². The largest absolute Gasteiger partial charge is 0.465 e. The second-order valence-corrected chi connectivity index (χ2v) is 7.83. The lowest BCUT2D eigenvalue weighted by atomic mass is 9.92. The molecular formula is C24H21NO4S. The number of nitrogens with zero attached hydrogens (tertiary/aromatic N) is 1. The third kappa shape index (κ3) is 3.66. The van der Waals surface area contributed by atoms with E-state index in [2.05, 4.69) is 0 Å². The van der Waals surface area contributed by atoms with Crippen molar-refractivity contribution in [3.8, 4) is 11.1 Å². The molecule has 0 fully saturated rings. The molecule has 1 atom stereocenters. The number of carbonyl (C=O) groups excluding carboxylic acids is 3. The van der Waals surface area contributed by atoms with Crippen LogP contribution in [0.4, 0.5) is 5.00 Å². The zero-order valence-corrected chi connectivity index (χ0v) is 17.4. The number of carbonyl (C=O) groups is 3. The number of anilines is 1. The van der Waals surface area contributed by atoms with E-state index in [1.54, 1.807) is 24.0 Å². The molecule has 0 N–H and O–H groups in total. The van der Waals surface area contributed by atoms with Crippen molar-refractivity contribution in [1.82, 2.24) is 0 Å². The molecule has 0 spiro atoms. The zero-order valence-electron chi connectivity index (χ0n) is 16.5. The summed E-state index contributed by atoms with van der Waals surface area (Å²) in [4.78, 5) is 40.9. The molecule has 1 aromatic heterocycles. The smallest absolute Gasteiger partial charge is 0.316 e. The summed E-state index contributed by atoms with van der Waals surface area (Å²) in [5, 5.41) is 2.47. The summed E-state index contributed by atoms with van der Waals surface area (Å²) in [6.07, 6.45) is 0.228. The highest BCUT2D eigenvalue weighted by Crippen LogP contribution is 2.42. The second-order valence-electron chi connectivity index (χ2n) is 6.98. The fourth-order valence-corrected chi connectivity index (χ4v) is 4.79. The maximum Gasteiger partial charge on any atom is 0.316 e. The van der Waals surface area contributed by atoms with Crippen molar-refractivity contribution in [1.29, 1.82) is 0 Å². The van der Waals surface area contributed by atoms with Crippen molar-refractivity contribution in [2.45, 2.75) is 13.3 Å². The van der Waals surface area contributed by atoms with Gasteiger partial charge in [-0.1, -0.05) is 48.5 Å². The van der Waals surface area contributed by atoms with Crippen LogP contribution in [-0.2, 0) is 9.53 Å². The number of fused-ring (bicyclic) bond motifs is 1. The fourth-order valence-electron chi connectivity index (χ4n) is 3.68. The van der Waals surface area contributed by atoms with Crippen LogP contribution in [0, 0.1) is 5.92 Å². The first-order valence-corrected chi connectivity index (χ1v) is 10.7. The molecule has 2 heterocycles. The Labute approximate surface area is 178 Å². The highest BCUT2D eigenvalue weighted by molar-refractivity contribution is 7.15. The van der Waals surface area contributed by atoms with Crippen molar-refractivity contribution in [3.05, 3.63) is 77.2 Å². The van der Waals surface area contributed by atoms with Gasteiger partial charge in [-0.15, -0.1) is 11.3 Å². The van der Waals surface area contributed by atoms with Crippen molar-refractivity contribution in [3.63, 3.8) is 0 Å². The van der Waals surface area contributed by atoms with Crippen LogP contribution in [-0.4, -0.2) is 30.8 Å². The van der Waals surface area contributed by atoms with E-state index in [0.29, 0.717) is 16.1 Å². The summed E-state index contributed by atoms with van der Waals surface area (Å²) in [5.41, 5.74) is 2.58. The summed E-state index contributed by atoms with van der Waals surface area (Å²) in [6.45, 7) is 2.19. The molecule has 0 saturated carbocycles. The van der Waals surface area contributed by atoms with Crippen molar-refractivity contribution in [2.24, 2.45) is 5.92 Å². The quantitative estimate of drug-likeness (QED) is 0.449. The van der Waals surface area contributed by atoms with E-state index in [9.17, 15) is 14.4 Å². The summed E-state index contributed by atoms with van der Waals surface area (Å²) < 4.78 is 5.17. The van der Waals surface area contributed by atoms with Gasteiger partial charge >= 0.3 is 5.97 Å². The maximum atomic E-state index is 13.5. The normalized spacial score (nSPS) is 16.0. The Bertz CT molecular complexity index is 1080. The van der Waals surface area contributed by atoms with Crippen LogP contribution in [0.1, 0.15) is 34.1 Å². The fraction of sp³-hybridized carbons (Fsp3) is 0.208. The van der Waals surface area contributed by atoms with Gasteiger partial charge in [0.15, 0.2) is 5.78 Å². The van der Waals surface area contributed by atoms with Crippen LogP contribution in [0.5, 0.6) is 0 Å². The number of amides is 1. The second kappa shape index (κ2) is 8.63. The van der Waals surface area contributed by atoms with Crippen molar-refractivity contribution in [2.75, 3.05) is 18.1 Å². The molecule has 30 heavy (non-hydrogen) atoms. The third-order valence-electron chi connectivity index (χ3n) is 5.14. The highest BCUT2D eigenvalue weighted by atomic mass is 32.1. The number of rotatable bonds is 4. The first kappa shape index (κ1) is 20.0. The standard InChI is InChI=1S/C24H21NO4S/c1-2-29-24(28)18-13-14-25(22(27)17-11-7-4-8-12-17)23-20(21(18)26)19(15-30-23)16-9-5-3-6-10-16/h3-12,15,18H,2,13-14H2,1H3/t18-/m0/s1. The van der Waals surface area contributed by atoms with E-state index in [1.165, 1.54) is 11.3 Å². The molecule has 0 aliphatic carbocycles. The van der Waals surface area contributed by atoms with Gasteiger partial charge in [0, 0.05) is 23.1 Å². The Morgan fingerprint density at radius 2 is 1.73 bits per heavy atom. The molecule has 1 amide bonds. The molecule has 0 unspecified atom stereocenters. The molecule has 1 aliphatic heterocycles. The minimum absolute atomic E-state index is 0.185. The summed E-state index contributed by atoms with van der Waals surface area (Å²) in [5.74, 6) is -1.93. The molecular weight excluding hydrogens is 398 g/mol. The van der Waals surface area contributed by atoms with E-state index >= 15 is 0 Å². The Kier molecular flexibility index (Phi) is 5.77. The minimum atomic E-state index is -0.922. The number of hydrogen-bond acceptors (Lipinski definition) is 5. The van der Waals surface area contributed by atoms with Crippen LogP contribution < -0.4 is 4.90 Å². The first-order chi connectivity index (χ1) is 14.6. The number of esters is 1. The number of benzene rings is 2. The van der Waals surface area contributed by atoms with Crippen LogP contribution in [0.15, 0.2) is 66.0 Å². The predicted molar refractivity (Wildman–Crippen MR) is 117 cm³/mol. The van der Waals surface area contributed by atoms with E-state index < -0.39 is 11.9 Å². The molecule has 2 aromatic carbocycles. The monoisotopic (exact) mass is 419 g/mol. The average molecular weight is 420 g/mol. The lowest BCUT2D eigenvalue weighted by Gasteiger charge is -2.20. The molecule has 0 bridgehead atoms. The van der Waals surface area contributed by atoms with Gasteiger partial charge < -0.3 is 4.74 Å². The Hall–Kier alpha value is -3.25. The predicted octanol–water partition coefficient (Wildman–Crippen LogP) is 4.83. The van der Waals surface area contributed by atoms with Gasteiger partial charge in [0.2, 0.25) is 0 Å². The Morgan fingerprint density at radius 1 is 1.07 bits per heavy atom. The lowest BCUT2D eigenvalue weighted by molar-refractivity contribution is -0.146. The van der Waals surface area contributed by atoms with E-state index in [4.69, 9.17) is 4.74 Å². The summed E-state index contributed by atoms with van der Waals surface area (Å²) >= 11 is 1.35. The summed E-state index contributed by atoms with van der Waals surface area (Å²) in [6, 6.07) is 18.5. The van der Waals surface area contributed by atoms with Gasteiger partial charge in [-0.2, -0.15) is 0 Å². The number of ether oxygens (including phenoxy) is 1. The van der Waals surface area contributed by atoms with Crippen LogP contribution in [0.2, 0.25) is 0 Å². The minimum Gasteiger partial charge on any atom is -0.465 e. The average Bonchev–Trinajstić information content (AvgIpc) is 3.16. The zero-order chi connectivity index (χ0) is 21.1. The van der Waals surface area contributed by atoms with Crippen molar-refractivity contribution < 1.29 is 19.1 Å². The van der Waals surface area contributed by atoms with Gasteiger partial charge in [0.1, 0.15) is 10.9 Å². The van der Waals surface area contributed by atoms with E-state index in [1.807, 2.05) is 53.9 Å². The number of hydrogen-bond donors (Lipinski definition) is 0. The van der Waals surface area contributed by atoms with Gasteiger partial charge in [0.25, 0.3) is 5.91 Å². The molecule has 0 saturated heterocycles. The molecule has 6 heteroatoms. The lowest BCUT2D eigenvalue weighted by Crippen LogP contribution is -2.32. The molecule has 152 valence electrons. The highest BCUT2D eigenvalue weighted by Gasteiger charge is 2.39. The van der Waals surface area contributed by atoms with Crippen molar-refractivity contribution >= 4 is 34.0 Å². The topological polar surface area (TPSA) is 63.7 Å². The maximum absolute atomic E-state index is 13.5. The SMILES string of the molecule is CCOC(=O)[C@H]1CCN(C(=O)c2ccccc2)c2scc(-c3ccccc3)c2C1=O. The molecule has 4 rings (SSSR count).